The number of halogens is 1. The van der Waals surface area contributed by atoms with Gasteiger partial charge < -0.3 is 20.4 Å². The second-order valence-electron chi connectivity index (χ2n) is 14.7. The lowest BCUT2D eigenvalue weighted by atomic mass is 9.84. The van der Waals surface area contributed by atoms with Crippen LogP contribution in [0.15, 0.2) is 40.4 Å². The molecule has 2 N–H and O–H groups in total. The quantitative estimate of drug-likeness (QED) is 0.306. The van der Waals surface area contributed by atoms with Crippen molar-refractivity contribution >= 4 is 39.6 Å². The SMILES string of the molecule is CC(=C[C@H](C(C)C)N(C)C(=O)[C@@H](NC(=O)[C@H]1CCCCN1C(C)C)C(C)(C)C)C(=O)N1CCC[C@H]1C(=O)NCc1ccc(Br)cc1. The van der Waals surface area contributed by atoms with Crippen LogP contribution in [0.1, 0.15) is 93.1 Å². The van der Waals surface area contributed by atoms with E-state index in [9.17, 15) is 19.2 Å². The molecule has 2 aliphatic rings. The van der Waals surface area contributed by atoms with Crippen molar-refractivity contribution in [1.82, 2.24) is 25.3 Å². The lowest BCUT2D eigenvalue weighted by Crippen LogP contribution is -2.60. The fraction of sp³-hybridized carbons (Fsp3) is 0.667. The fourth-order valence-corrected chi connectivity index (χ4v) is 6.85. The van der Waals surface area contributed by atoms with E-state index in [4.69, 9.17) is 0 Å². The van der Waals surface area contributed by atoms with Gasteiger partial charge in [0.15, 0.2) is 0 Å². The number of likely N-dealkylation sites (N-methyl/N-ethyl adjacent to an activating group) is 1. The van der Waals surface area contributed by atoms with E-state index in [0.29, 0.717) is 25.1 Å². The van der Waals surface area contributed by atoms with Crippen LogP contribution in [0.4, 0.5) is 0 Å². The topological polar surface area (TPSA) is 102 Å². The van der Waals surface area contributed by atoms with Crippen molar-refractivity contribution in [3.8, 4) is 0 Å². The molecule has 0 spiro atoms. The van der Waals surface area contributed by atoms with Crippen LogP contribution in [0.5, 0.6) is 0 Å². The number of nitrogens with one attached hydrogen (secondary N) is 2. The Labute approximate surface area is 285 Å². The van der Waals surface area contributed by atoms with Gasteiger partial charge in [0.25, 0.3) is 0 Å². The molecule has 0 aromatic heterocycles. The number of hydrogen-bond donors (Lipinski definition) is 2. The molecule has 256 valence electrons. The van der Waals surface area contributed by atoms with Crippen molar-refractivity contribution in [3.05, 3.63) is 46.0 Å². The van der Waals surface area contributed by atoms with Gasteiger partial charge in [0.2, 0.25) is 23.6 Å². The smallest absolute Gasteiger partial charge is 0.249 e. The Morgan fingerprint density at radius 2 is 1.59 bits per heavy atom. The normalized spacial score (nSPS) is 20.9. The summed E-state index contributed by atoms with van der Waals surface area (Å²) in [5.41, 5.74) is 0.953. The fourth-order valence-electron chi connectivity index (χ4n) is 6.59. The maximum Gasteiger partial charge on any atom is 0.249 e. The van der Waals surface area contributed by atoms with Crippen molar-refractivity contribution in [3.63, 3.8) is 0 Å². The molecule has 3 rings (SSSR count). The highest BCUT2D eigenvalue weighted by atomic mass is 79.9. The van der Waals surface area contributed by atoms with Gasteiger partial charge in [0, 0.05) is 36.2 Å². The van der Waals surface area contributed by atoms with Crippen LogP contribution in [-0.2, 0) is 25.7 Å². The van der Waals surface area contributed by atoms with E-state index in [-0.39, 0.29) is 47.7 Å². The summed E-state index contributed by atoms with van der Waals surface area (Å²) in [6.45, 7) is 17.7. The zero-order chi connectivity index (χ0) is 34.3. The first-order valence-corrected chi connectivity index (χ1v) is 17.7. The molecule has 2 aliphatic heterocycles. The van der Waals surface area contributed by atoms with E-state index in [2.05, 4.69) is 45.3 Å². The first-order chi connectivity index (χ1) is 21.5. The number of benzene rings is 1. The molecule has 2 fully saturated rings. The number of likely N-dealkylation sites (tertiary alicyclic amines) is 2. The van der Waals surface area contributed by atoms with Gasteiger partial charge >= 0.3 is 0 Å². The third kappa shape index (κ3) is 9.66. The number of nitrogens with zero attached hydrogens (tertiary/aromatic N) is 3. The molecule has 0 saturated carbocycles. The van der Waals surface area contributed by atoms with Crippen LogP contribution in [0.3, 0.4) is 0 Å². The number of carbonyl (C=O) groups excluding carboxylic acids is 4. The summed E-state index contributed by atoms with van der Waals surface area (Å²) in [5.74, 6) is -0.635. The van der Waals surface area contributed by atoms with Crippen molar-refractivity contribution in [2.24, 2.45) is 11.3 Å². The Bertz CT molecular complexity index is 1260. The number of hydrogen-bond acceptors (Lipinski definition) is 5. The van der Waals surface area contributed by atoms with Gasteiger partial charge in [-0.2, -0.15) is 0 Å². The highest BCUT2D eigenvalue weighted by Crippen LogP contribution is 2.27. The van der Waals surface area contributed by atoms with Gasteiger partial charge in [-0.05, 0) is 82.0 Å². The number of carbonyl (C=O) groups is 4. The van der Waals surface area contributed by atoms with Crippen molar-refractivity contribution in [1.29, 1.82) is 0 Å². The molecular weight excluding hydrogens is 646 g/mol. The zero-order valence-electron chi connectivity index (χ0n) is 29.4. The van der Waals surface area contributed by atoms with Gasteiger partial charge in [-0.1, -0.05) is 75.2 Å². The predicted molar refractivity (Wildman–Crippen MR) is 187 cm³/mol. The summed E-state index contributed by atoms with van der Waals surface area (Å²) < 4.78 is 0.973. The van der Waals surface area contributed by atoms with Gasteiger partial charge in [-0.25, -0.2) is 0 Å². The average molecular weight is 703 g/mol. The number of amides is 4. The Balaban J connectivity index is 1.74. The summed E-state index contributed by atoms with van der Waals surface area (Å²) in [7, 11) is 1.75. The molecule has 4 amide bonds. The lowest BCUT2D eigenvalue weighted by molar-refractivity contribution is -0.142. The van der Waals surface area contributed by atoms with Crippen LogP contribution in [0.25, 0.3) is 0 Å². The molecule has 46 heavy (non-hydrogen) atoms. The third-order valence-corrected chi connectivity index (χ3v) is 9.87. The molecule has 2 heterocycles. The molecular formula is C36H56BrN5O4. The molecule has 0 bridgehead atoms. The summed E-state index contributed by atoms with van der Waals surface area (Å²) in [6, 6.07) is 6.11. The van der Waals surface area contributed by atoms with E-state index in [1.807, 2.05) is 65.0 Å². The molecule has 9 nitrogen and oxygen atoms in total. The highest BCUT2D eigenvalue weighted by Gasteiger charge is 2.40. The second kappa shape index (κ2) is 16.4. The monoisotopic (exact) mass is 701 g/mol. The molecule has 10 heteroatoms. The van der Waals surface area contributed by atoms with E-state index in [1.54, 1.807) is 23.8 Å². The number of rotatable bonds is 11. The molecule has 4 atom stereocenters. The first kappa shape index (κ1) is 37.7. The second-order valence-corrected chi connectivity index (χ2v) is 15.6. The predicted octanol–water partition coefficient (Wildman–Crippen LogP) is 5.28. The van der Waals surface area contributed by atoms with Crippen molar-refractivity contribution < 1.29 is 19.2 Å². The average Bonchev–Trinajstić information content (AvgIpc) is 3.50. The maximum atomic E-state index is 14.1. The molecule has 1 aromatic carbocycles. The lowest BCUT2D eigenvalue weighted by Gasteiger charge is -2.41. The van der Waals surface area contributed by atoms with Crippen LogP contribution in [0, 0.1) is 11.3 Å². The standard InChI is InChI=1S/C36H56BrN5O4/c1-23(2)30(40(9)35(46)31(36(6,7)8)39-33(44)29-13-10-11-19-41(29)24(3)4)21-25(5)34(45)42-20-12-14-28(42)32(43)38-22-26-15-17-27(37)18-16-26/h15-18,21,23-24,28-31H,10-14,19-20,22H2,1-9H3,(H,38,43)(H,39,44)/t28-,29+,30+,31+/m0/s1. The molecule has 2 saturated heterocycles. The summed E-state index contributed by atoms with van der Waals surface area (Å²) in [6.07, 6.45) is 6.06. The van der Waals surface area contributed by atoms with E-state index < -0.39 is 17.5 Å². The summed E-state index contributed by atoms with van der Waals surface area (Å²) >= 11 is 3.43. The first-order valence-electron chi connectivity index (χ1n) is 16.9. The van der Waals surface area contributed by atoms with Crippen LogP contribution < -0.4 is 10.6 Å². The minimum atomic E-state index is -0.732. The van der Waals surface area contributed by atoms with Crippen LogP contribution in [-0.4, -0.2) is 88.7 Å². The van der Waals surface area contributed by atoms with E-state index in [1.165, 1.54) is 0 Å². The minimum absolute atomic E-state index is 0.00591. The minimum Gasteiger partial charge on any atom is -0.350 e. The van der Waals surface area contributed by atoms with E-state index >= 15 is 0 Å². The molecule has 0 radical (unpaired) electrons. The molecule has 1 aromatic rings. The Hall–Kier alpha value is -2.72. The largest absolute Gasteiger partial charge is 0.350 e. The molecule has 0 aliphatic carbocycles. The van der Waals surface area contributed by atoms with Crippen molar-refractivity contribution in [2.75, 3.05) is 20.1 Å². The van der Waals surface area contributed by atoms with Crippen LogP contribution >= 0.6 is 15.9 Å². The Morgan fingerprint density at radius 3 is 2.17 bits per heavy atom. The van der Waals surface area contributed by atoms with Gasteiger partial charge in [-0.3, -0.25) is 24.1 Å². The molecule has 0 unspecified atom stereocenters. The van der Waals surface area contributed by atoms with Gasteiger partial charge in [0.05, 0.1) is 12.1 Å². The zero-order valence-corrected chi connectivity index (χ0v) is 30.9. The van der Waals surface area contributed by atoms with Gasteiger partial charge in [0.1, 0.15) is 12.1 Å². The summed E-state index contributed by atoms with van der Waals surface area (Å²) in [5, 5.41) is 6.13. The van der Waals surface area contributed by atoms with Crippen molar-refractivity contribution in [2.45, 2.75) is 124 Å². The Morgan fingerprint density at radius 1 is 0.957 bits per heavy atom. The Kier molecular flexibility index (Phi) is 13.5. The van der Waals surface area contributed by atoms with Gasteiger partial charge in [-0.15, -0.1) is 0 Å². The third-order valence-electron chi connectivity index (χ3n) is 9.34. The number of piperidine rings is 1. The van der Waals surface area contributed by atoms with Crippen LogP contribution in [0.2, 0.25) is 0 Å². The highest BCUT2D eigenvalue weighted by molar-refractivity contribution is 9.10. The summed E-state index contributed by atoms with van der Waals surface area (Å²) in [4.78, 5) is 60.2. The van der Waals surface area contributed by atoms with E-state index in [0.717, 1.165) is 42.3 Å². The maximum absolute atomic E-state index is 14.1.